The average molecular weight is 357 g/mol. The molecule has 0 atom stereocenters. The van der Waals surface area contributed by atoms with Crippen molar-refractivity contribution in [1.82, 2.24) is 14.7 Å². The number of carboxylic acid groups (broad SMARTS) is 1. The van der Waals surface area contributed by atoms with E-state index in [2.05, 4.69) is 5.10 Å². The third-order valence-corrected chi connectivity index (χ3v) is 4.85. The van der Waals surface area contributed by atoms with Crippen LogP contribution in [0.25, 0.3) is 0 Å². The van der Waals surface area contributed by atoms with Crippen LogP contribution in [0, 0.1) is 6.92 Å². The zero-order valence-electron chi connectivity index (χ0n) is 15.0. The van der Waals surface area contributed by atoms with Gasteiger partial charge in [-0.2, -0.15) is 5.10 Å². The zero-order valence-corrected chi connectivity index (χ0v) is 15.0. The van der Waals surface area contributed by atoms with E-state index in [4.69, 9.17) is 4.74 Å². The smallest absolute Gasteiger partial charge is 0.348 e. The zero-order chi connectivity index (χ0) is 18.7. The lowest BCUT2D eigenvalue weighted by Gasteiger charge is -2.39. The molecule has 3 rings (SSSR count). The van der Waals surface area contributed by atoms with Crippen LogP contribution in [0.3, 0.4) is 0 Å². The van der Waals surface area contributed by atoms with Gasteiger partial charge in [0, 0.05) is 38.7 Å². The molecule has 2 aromatic rings. The van der Waals surface area contributed by atoms with Gasteiger partial charge in [-0.1, -0.05) is 18.2 Å². The number of ether oxygens (including phenoxy) is 1. The first-order valence-electron chi connectivity index (χ1n) is 8.75. The van der Waals surface area contributed by atoms with Crippen LogP contribution in [0.1, 0.15) is 35.7 Å². The quantitative estimate of drug-likeness (QED) is 0.888. The Morgan fingerprint density at radius 3 is 2.54 bits per heavy atom. The van der Waals surface area contributed by atoms with E-state index in [-0.39, 0.29) is 18.7 Å². The number of carboxylic acids is 1. The highest BCUT2D eigenvalue weighted by molar-refractivity contribution is 5.94. The Labute approximate surface area is 152 Å². The first-order valence-corrected chi connectivity index (χ1v) is 8.75. The van der Waals surface area contributed by atoms with Crippen molar-refractivity contribution in [3.8, 4) is 5.75 Å². The molecule has 1 saturated heterocycles. The van der Waals surface area contributed by atoms with E-state index in [9.17, 15) is 14.7 Å². The predicted octanol–water partition coefficient (Wildman–Crippen LogP) is 2.35. The summed E-state index contributed by atoms with van der Waals surface area (Å²) in [6, 6.07) is 7.36. The molecule has 0 radical (unpaired) electrons. The van der Waals surface area contributed by atoms with Gasteiger partial charge in [-0.15, -0.1) is 0 Å². The van der Waals surface area contributed by atoms with Crippen molar-refractivity contribution in [3.63, 3.8) is 0 Å². The molecule has 138 valence electrons. The molecular weight excluding hydrogens is 334 g/mol. The number of amides is 1. The van der Waals surface area contributed by atoms with Crippen molar-refractivity contribution in [2.75, 3.05) is 13.1 Å². The Morgan fingerprint density at radius 2 is 1.96 bits per heavy atom. The Morgan fingerprint density at radius 1 is 1.27 bits per heavy atom. The molecule has 1 aromatic heterocycles. The molecule has 0 aliphatic carbocycles. The molecule has 7 heteroatoms. The molecule has 1 N–H and O–H groups in total. The van der Waals surface area contributed by atoms with Crippen LogP contribution in [-0.2, 0) is 11.3 Å². The number of piperidine rings is 1. The van der Waals surface area contributed by atoms with Gasteiger partial charge in [0.25, 0.3) is 5.91 Å². The second-order valence-electron chi connectivity index (χ2n) is 6.54. The van der Waals surface area contributed by atoms with Gasteiger partial charge < -0.3 is 14.7 Å². The number of hydrogen-bond donors (Lipinski definition) is 1. The molecule has 0 unspecified atom stereocenters. The molecule has 0 bridgehead atoms. The summed E-state index contributed by atoms with van der Waals surface area (Å²) in [6.07, 6.45) is 3.74. The van der Waals surface area contributed by atoms with Gasteiger partial charge in [-0.3, -0.25) is 9.48 Å². The standard InChI is InChI=1S/C19H23N3O4/c1-3-22-13-15(12-20-22)17(23)21-10-8-19(9-11-21,18(24)25)26-16-7-5-4-6-14(16)2/h4-7,12-13H,3,8-11H2,1-2H3,(H,24,25). The molecule has 1 aliphatic rings. The van der Waals surface area contributed by atoms with Gasteiger partial charge >= 0.3 is 5.97 Å². The van der Waals surface area contributed by atoms with Crippen molar-refractivity contribution in [2.45, 2.75) is 38.8 Å². The second kappa shape index (κ2) is 7.19. The van der Waals surface area contributed by atoms with Crippen molar-refractivity contribution in [1.29, 1.82) is 0 Å². The van der Waals surface area contributed by atoms with Crippen molar-refractivity contribution >= 4 is 11.9 Å². The lowest BCUT2D eigenvalue weighted by Crippen LogP contribution is -2.54. The molecule has 2 heterocycles. The third kappa shape index (κ3) is 3.42. The second-order valence-corrected chi connectivity index (χ2v) is 6.54. The highest BCUT2D eigenvalue weighted by atomic mass is 16.5. The Hall–Kier alpha value is -2.83. The van der Waals surface area contributed by atoms with Crippen LogP contribution in [0.4, 0.5) is 0 Å². The van der Waals surface area contributed by atoms with Gasteiger partial charge in [0.05, 0.1) is 11.8 Å². The molecule has 26 heavy (non-hydrogen) atoms. The predicted molar refractivity (Wildman–Crippen MR) is 95.2 cm³/mol. The van der Waals surface area contributed by atoms with Crippen LogP contribution < -0.4 is 4.74 Å². The van der Waals surface area contributed by atoms with E-state index in [1.165, 1.54) is 0 Å². The lowest BCUT2D eigenvalue weighted by atomic mass is 9.90. The summed E-state index contributed by atoms with van der Waals surface area (Å²) >= 11 is 0. The summed E-state index contributed by atoms with van der Waals surface area (Å²) in [4.78, 5) is 26.2. The Kier molecular flexibility index (Phi) is 4.97. The fourth-order valence-electron chi connectivity index (χ4n) is 3.14. The van der Waals surface area contributed by atoms with Gasteiger partial charge in [-0.25, -0.2) is 4.79 Å². The van der Waals surface area contributed by atoms with Crippen molar-refractivity contribution < 1.29 is 19.4 Å². The number of para-hydroxylation sites is 1. The number of rotatable bonds is 5. The fourth-order valence-corrected chi connectivity index (χ4v) is 3.14. The maximum Gasteiger partial charge on any atom is 0.348 e. The molecular formula is C19H23N3O4. The largest absolute Gasteiger partial charge is 0.478 e. The summed E-state index contributed by atoms with van der Waals surface area (Å²) in [6.45, 7) is 5.18. The van der Waals surface area contributed by atoms with Crippen LogP contribution >= 0.6 is 0 Å². The number of carbonyl (C=O) groups is 2. The maximum atomic E-state index is 12.6. The molecule has 1 amide bonds. The van der Waals surface area contributed by atoms with Crippen LogP contribution in [0.15, 0.2) is 36.7 Å². The van der Waals surface area contributed by atoms with E-state index in [0.717, 1.165) is 5.56 Å². The number of aromatic nitrogens is 2. The van der Waals surface area contributed by atoms with Gasteiger partial charge in [-0.05, 0) is 25.5 Å². The number of likely N-dealkylation sites (tertiary alicyclic amines) is 1. The van der Waals surface area contributed by atoms with Crippen LogP contribution in [-0.4, -0.2) is 50.4 Å². The first kappa shape index (κ1) is 18.0. The number of nitrogens with zero attached hydrogens (tertiary/aromatic N) is 3. The van der Waals surface area contributed by atoms with Crippen LogP contribution in [0.2, 0.25) is 0 Å². The monoisotopic (exact) mass is 357 g/mol. The molecule has 7 nitrogen and oxygen atoms in total. The number of hydrogen-bond acceptors (Lipinski definition) is 4. The topological polar surface area (TPSA) is 84.7 Å². The van der Waals surface area contributed by atoms with Crippen molar-refractivity contribution in [2.24, 2.45) is 0 Å². The summed E-state index contributed by atoms with van der Waals surface area (Å²) < 4.78 is 7.63. The van der Waals surface area contributed by atoms with Gasteiger partial charge in [0.15, 0.2) is 0 Å². The summed E-state index contributed by atoms with van der Waals surface area (Å²) in [5, 5.41) is 13.9. The third-order valence-electron chi connectivity index (χ3n) is 4.85. The number of carbonyl (C=O) groups excluding carboxylic acids is 1. The fraction of sp³-hybridized carbons (Fsp3) is 0.421. The summed E-state index contributed by atoms with van der Waals surface area (Å²) in [5.41, 5.74) is 0.101. The van der Waals surface area contributed by atoms with E-state index < -0.39 is 11.6 Å². The van der Waals surface area contributed by atoms with E-state index in [0.29, 0.717) is 30.9 Å². The average Bonchev–Trinajstić information content (AvgIpc) is 3.13. The number of aliphatic carboxylic acids is 1. The molecule has 1 aromatic carbocycles. The minimum absolute atomic E-state index is 0.125. The van der Waals surface area contributed by atoms with Crippen molar-refractivity contribution in [3.05, 3.63) is 47.8 Å². The highest BCUT2D eigenvalue weighted by Crippen LogP contribution is 2.31. The lowest BCUT2D eigenvalue weighted by molar-refractivity contribution is -0.159. The molecule has 1 fully saturated rings. The van der Waals surface area contributed by atoms with Gasteiger partial charge in [0.2, 0.25) is 5.60 Å². The minimum Gasteiger partial charge on any atom is -0.478 e. The molecule has 0 spiro atoms. The van der Waals surface area contributed by atoms with Crippen LogP contribution in [0.5, 0.6) is 5.75 Å². The number of aryl methyl sites for hydroxylation is 2. The van der Waals surface area contributed by atoms with Gasteiger partial charge in [0.1, 0.15) is 5.75 Å². The molecule has 1 aliphatic heterocycles. The summed E-state index contributed by atoms with van der Waals surface area (Å²) in [5.74, 6) is -0.551. The molecule has 0 saturated carbocycles. The normalized spacial score (nSPS) is 16.3. The van der Waals surface area contributed by atoms with E-state index in [1.54, 1.807) is 28.0 Å². The SMILES string of the molecule is CCn1cc(C(=O)N2CCC(Oc3ccccc3C)(C(=O)O)CC2)cn1. The minimum atomic E-state index is -1.31. The van der Waals surface area contributed by atoms with E-state index in [1.807, 2.05) is 32.0 Å². The Bertz CT molecular complexity index is 807. The van der Waals surface area contributed by atoms with E-state index >= 15 is 0 Å². The maximum absolute atomic E-state index is 12.6. The highest BCUT2D eigenvalue weighted by Gasteiger charge is 2.45. The summed E-state index contributed by atoms with van der Waals surface area (Å²) in [7, 11) is 0. The Balaban J connectivity index is 1.72. The first-order chi connectivity index (χ1) is 12.4. The number of benzene rings is 1.